The van der Waals surface area contributed by atoms with Crippen molar-refractivity contribution >= 4 is 34.0 Å². The van der Waals surface area contributed by atoms with Crippen molar-refractivity contribution in [1.29, 1.82) is 5.41 Å². The van der Waals surface area contributed by atoms with Gasteiger partial charge in [0.1, 0.15) is 0 Å². The molecule has 198 valence electrons. The van der Waals surface area contributed by atoms with Crippen molar-refractivity contribution in [3.63, 3.8) is 0 Å². The Balaban J connectivity index is 1.52. The largest absolute Gasteiger partial charge is 0.388 e. The van der Waals surface area contributed by atoms with Gasteiger partial charge in [-0.3, -0.25) is 10.2 Å². The third-order valence-electron chi connectivity index (χ3n) is 7.04. The number of thiophene rings is 1. The van der Waals surface area contributed by atoms with Crippen LogP contribution in [-0.4, -0.2) is 29.2 Å². The van der Waals surface area contributed by atoms with Gasteiger partial charge in [-0.15, -0.1) is 0 Å². The average molecular weight is 531 g/mol. The summed E-state index contributed by atoms with van der Waals surface area (Å²) >= 11 is 1.66. The summed E-state index contributed by atoms with van der Waals surface area (Å²) in [5.74, 6) is -0.137. The van der Waals surface area contributed by atoms with E-state index < -0.39 is 6.29 Å². The van der Waals surface area contributed by atoms with Gasteiger partial charge in [0.2, 0.25) is 0 Å². The number of fused-ring (bicyclic) bond motifs is 1. The van der Waals surface area contributed by atoms with E-state index in [4.69, 9.17) is 20.7 Å². The normalized spacial score (nSPS) is 15.6. The van der Waals surface area contributed by atoms with E-state index in [0.29, 0.717) is 25.1 Å². The monoisotopic (exact) mass is 530 g/mol. The zero-order valence-electron chi connectivity index (χ0n) is 21.7. The minimum absolute atomic E-state index is 0.155. The Kier molecular flexibility index (Phi) is 8.22. The third kappa shape index (κ3) is 5.99. The maximum absolute atomic E-state index is 13.0. The van der Waals surface area contributed by atoms with Crippen LogP contribution in [0, 0.1) is 12.3 Å². The highest BCUT2D eigenvalue weighted by Gasteiger charge is 2.22. The van der Waals surface area contributed by atoms with Gasteiger partial charge in [-0.25, -0.2) is 10.3 Å². The van der Waals surface area contributed by atoms with E-state index in [1.165, 1.54) is 16.7 Å². The number of nitrogens with zero attached hydrogens (tertiary/aromatic N) is 1. The lowest BCUT2D eigenvalue weighted by molar-refractivity contribution is -0.186. The van der Waals surface area contributed by atoms with Crippen molar-refractivity contribution in [3.8, 4) is 11.3 Å². The van der Waals surface area contributed by atoms with E-state index >= 15 is 0 Å². The van der Waals surface area contributed by atoms with E-state index in [-0.39, 0.29) is 11.7 Å². The molecule has 0 saturated carbocycles. The van der Waals surface area contributed by atoms with Crippen LogP contribution in [-0.2, 0) is 29.0 Å². The van der Waals surface area contributed by atoms with Crippen molar-refractivity contribution < 1.29 is 14.4 Å². The van der Waals surface area contributed by atoms with Crippen LogP contribution >= 0.6 is 11.3 Å². The van der Waals surface area contributed by atoms with E-state index in [0.717, 1.165) is 54.3 Å². The molecule has 1 saturated heterocycles. The molecule has 3 heterocycles. The number of aryl methyl sites for hydroxylation is 4. The maximum atomic E-state index is 13.0. The van der Waals surface area contributed by atoms with Crippen LogP contribution in [0.2, 0.25) is 0 Å². The lowest BCUT2D eigenvalue weighted by atomic mass is 9.98. The second-order valence-corrected chi connectivity index (χ2v) is 10.6. The molecule has 1 aliphatic heterocycles. The molecule has 0 radical (unpaired) electrons. The van der Waals surface area contributed by atoms with E-state index in [1.807, 2.05) is 18.2 Å². The Morgan fingerprint density at radius 1 is 1.18 bits per heavy atom. The molecule has 0 aliphatic carbocycles. The summed E-state index contributed by atoms with van der Waals surface area (Å²) in [4.78, 5) is 18.6. The fourth-order valence-electron chi connectivity index (χ4n) is 5.02. The van der Waals surface area contributed by atoms with E-state index in [1.54, 1.807) is 11.3 Å². The number of carbonyl (C=O) groups is 1. The predicted molar refractivity (Wildman–Crippen MR) is 153 cm³/mol. The first-order valence-corrected chi connectivity index (χ1v) is 14.1. The van der Waals surface area contributed by atoms with E-state index in [2.05, 4.69) is 58.1 Å². The number of hydrogen-bond donors (Lipinski definition) is 3. The lowest BCUT2D eigenvalue weighted by Crippen LogP contribution is -2.33. The van der Waals surface area contributed by atoms with Crippen molar-refractivity contribution in [2.24, 2.45) is 5.73 Å². The predicted octanol–water partition coefficient (Wildman–Crippen LogP) is 5.98. The Hall–Kier alpha value is -3.46. The number of nitrogens with one attached hydrogen (secondary N) is 2. The summed E-state index contributed by atoms with van der Waals surface area (Å²) in [6.45, 7) is 3.34. The van der Waals surface area contributed by atoms with Crippen molar-refractivity contribution in [2.75, 3.05) is 6.61 Å². The van der Waals surface area contributed by atoms with Gasteiger partial charge in [-0.1, -0.05) is 29.8 Å². The molecule has 5 rings (SSSR count). The van der Waals surface area contributed by atoms with Gasteiger partial charge in [0.25, 0.3) is 5.91 Å². The molecule has 4 aromatic rings. The zero-order valence-corrected chi connectivity index (χ0v) is 22.5. The maximum Gasteiger partial charge on any atom is 0.274 e. The third-order valence-corrected chi connectivity index (χ3v) is 7.72. The first kappa shape index (κ1) is 26.2. The van der Waals surface area contributed by atoms with Crippen LogP contribution in [0.5, 0.6) is 0 Å². The second kappa shape index (κ2) is 11.9. The molecule has 1 atom stereocenters. The van der Waals surface area contributed by atoms with Crippen LogP contribution in [0.1, 0.15) is 52.7 Å². The van der Waals surface area contributed by atoms with Crippen molar-refractivity contribution in [2.45, 2.75) is 58.3 Å². The smallest absolute Gasteiger partial charge is 0.274 e. The quantitative estimate of drug-likeness (QED) is 0.133. The molecule has 2 aromatic carbocycles. The van der Waals surface area contributed by atoms with Gasteiger partial charge < -0.3 is 15.0 Å². The number of ether oxygens (including phenoxy) is 1. The summed E-state index contributed by atoms with van der Waals surface area (Å²) in [6, 6.07) is 16.6. The zero-order chi connectivity index (χ0) is 26.5. The number of benzene rings is 2. The minimum atomic E-state index is -0.403. The van der Waals surface area contributed by atoms with Crippen molar-refractivity contribution in [1.82, 2.24) is 10.0 Å². The molecule has 0 bridgehead atoms. The highest BCUT2D eigenvalue weighted by Crippen LogP contribution is 2.37. The Morgan fingerprint density at radius 3 is 2.74 bits per heavy atom. The molecular weight excluding hydrogens is 496 g/mol. The van der Waals surface area contributed by atoms with E-state index in [9.17, 15) is 4.79 Å². The van der Waals surface area contributed by atoms with Gasteiger partial charge >= 0.3 is 0 Å². The highest BCUT2D eigenvalue weighted by atomic mass is 32.1. The van der Waals surface area contributed by atoms with Crippen LogP contribution < -0.4 is 11.2 Å². The highest BCUT2D eigenvalue weighted by molar-refractivity contribution is 7.08. The molecule has 1 fully saturated rings. The summed E-state index contributed by atoms with van der Waals surface area (Å²) in [7, 11) is 0. The Morgan fingerprint density at radius 2 is 2.03 bits per heavy atom. The SMILES string of the molecule is Cc1ccc(CCc2c(-c3ccsc3)n(CCC(=N)N)c3ccc(C(=O)NOC4CCCCO4)cc23)cc1. The van der Waals surface area contributed by atoms with Crippen LogP contribution in [0.3, 0.4) is 0 Å². The summed E-state index contributed by atoms with van der Waals surface area (Å²) in [5, 5.41) is 13.1. The lowest BCUT2D eigenvalue weighted by Gasteiger charge is -2.22. The average Bonchev–Trinajstić information content (AvgIpc) is 3.56. The van der Waals surface area contributed by atoms with Gasteiger partial charge in [0, 0.05) is 53.4 Å². The molecule has 1 amide bonds. The molecule has 0 spiro atoms. The molecule has 2 aromatic heterocycles. The number of carbonyl (C=O) groups excluding carboxylic acids is 1. The summed E-state index contributed by atoms with van der Waals surface area (Å²) in [6.07, 6.45) is 4.55. The van der Waals surface area contributed by atoms with Gasteiger partial charge in [0.05, 0.1) is 11.5 Å². The number of amidine groups is 1. The molecule has 4 N–H and O–H groups in total. The number of aromatic nitrogens is 1. The number of nitrogens with two attached hydrogens (primary N) is 1. The number of amides is 1. The fraction of sp³-hybridized carbons (Fsp3) is 0.333. The van der Waals surface area contributed by atoms with Crippen LogP contribution in [0.4, 0.5) is 0 Å². The molecule has 38 heavy (non-hydrogen) atoms. The summed E-state index contributed by atoms with van der Waals surface area (Å²) in [5.41, 5.74) is 15.9. The molecular formula is C30H34N4O3S. The van der Waals surface area contributed by atoms with Gasteiger partial charge in [0.15, 0.2) is 6.29 Å². The van der Waals surface area contributed by atoms with Crippen LogP contribution in [0.15, 0.2) is 59.3 Å². The summed E-state index contributed by atoms with van der Waals surface area (Å²) < 4.78 is 7.82. The fourth-order valence-corrected chi connectivity index (χ4v) is 5.66. The first-order valence-electron chi connectivity index (χ1n) is 13.1. The molecule has 1 unspecified atom stereocenters. The minimum Gasteiger partial charge on any atom is -0.388 e. The Labute approximate surface area is 227 Å². The Bertz CT molecular complexity index is 1400. The molecule has 7 nitrogen and oxygen atoms in total. The second-order valence-electron chi connectivity index (χ2n) is 9.83. The van der Waals surface area contributed by atoms with Gasteiger partial charge in [-0.05, 0) is 73.4 Å². The standard InChI is InChI=1S/C30H34N4O3S/c1-20-5-7-21(8-6-20)9-11-24-25-18-22(30(35)33-37-28-4-2-3-16-36-28)10-12-26(25)34(15-13-27(31)32)29(24)23-14-17-38-19-23/h5-8,10,12,14,17-19,28H,2-4,9,11,13,15-16H2,1H3,(H3,31,32)(H,33,35). The number of rotatable bonds is 10. The van der Waals surface area contributed by atoms with Gasteiger partial charge in [-0.2, -0.15) is 11.3 Å². The number of hydrogen-bond acceptors (Lipinski definition) is 5. The number of hydroxylamine groups is 1. The van der Waals surface area contributed by atoms with Crippen molar-refractivity contribution in [3.05, 3.63) is 81.5 Å². The molecule has 8 heteroatoms. The first-order chi connectivity index (χ1) is 18.5. The molecule has 1 aliphatic rings. The van der Waals surface area contributed by atoms with Crippen LogP contribution in [0.25, 0.3) is 22.2 Å². The topological polar surface area (TPSA) is 102 Å².